The zero-order valence-corrected chi connectivity index (χ0v) is 14.2. The van der Waals surface area contributed by atoms with E-state index in [2.05, 4.69) is 15.2 Å². The number of benzene rings is 1. The molecule has 1 fully saturated rings. The van der Waals surface area contributed by atoms with Gasteiger partial charge in [0.2, 0.25) is 0 Å². The van der Waals surface area contributed by atoms with Gasteiger partial charge in [0.05, 0.1) is 17.1 Å². The van der Waals surface area contributed by atoms with Crippen molar-refractivity contribution in [2.24, 2.45) is 7.05 Å². The summed E-state index contributed by atoms with van der Waals surface area (Å²) in [4.78, 5) is 31.5. The summed E-state index contributed by atoms with van der Waals surface area (Å²) < 4.78 is 1.98. The monoisotopic (exact) mass is 337 g/mol. The summed E-state index contributed by atoms with van der Waals surface area (Å²) in [6, 6.07) is 6.99. The maximum Gasteiger partial charge on any atom is 0.275 e. The third kappa shape index (κ3) is 2.52. The molecule has 0 saturated carbocycles. The minimum absolute atomic E-state index is 0.0707. The van der Waals surface area contributed by atoms with Crippen molar-refractivity contribution < 1.29 is 4.79 Å². The summed E-state index contributed by atoms with van der Waals surface area (Å²) in [6.07, 6.45) is 3.75. The molecule has 1 atom stereocenters. The highest BCUT2D eigenvalue weighted by molar-refractivity contribution is 6.04. The van der Waals surface area contributed by atoms with Crippen LogP contribution in [0.25, 0.3) is 10.8 Å². The molecule has 4 rings (SSSR count). The number of aromatic amines is 1. The lowest BCUT2D eigenvalue weighted by Crippen LogP contribution is -2.33. The smallest absolute Gasteiger partial charge is 0.275 e. The summed E-state index contributed by atoms with van der Waals surface area (Å²) in [5, 5.41) is 7.55. The number of fused-ring (bicyclic) bond motifs is 1. The number of carbonyl (C=O) groups excluding carboxylic acids is 1. The van der Waals surface area contributed by atoms with E-state index >= 15 is 0 Å². The van der Waals surface area contributed by atoms with Crippen molar-refractivity contribution in [2.75, 3.05) is 6.54 Å². The number of aromatic nitrogens is 4. The van der Waals surface area contributed by atoms with Crippen molar-refractivity contribution in [1.29, 1.82) is 0 Å². The number of nitrogens with zero attached hydrogens (tertiary/aromatic N) is 4. The van der Waals surface area contributed by atoms with Crippen molar-refractivity contribution in [2.45, 2.75) is 25.8 Å². The van der Waals surface area contributed by atoms with E-state index in [1.165, 1.54) is 0 Å². The second-order valence-electron chi connectivity index (χ2n) is 6.45. The molecule has 1 aliphatic heterocycles. The molecule has 1 aromatic carbocycles. The van der Waals surface area contributed by atoms with Gasteiger partial charge in [-0.15, -0.1) is 0 Å². The van der Waals surface area contributed by atoms with E-state index < -0.39 is 0 Å². The molecule has 3 heterocycles. The Bertz CT molecular complexity index is 1020. The number of imidazole rings is 1. The van der Waals surface area contributed by atoms with Gasteiger partial charge in [0, 0.05) is 25.2 Å². The summed E-state index contributed by atoms with van der Waals surface area (Å²) in [5.41, 5.74) is 0.933. The van der Waals surface area contributed by atoms with Gasteiger partial charge in [0.25, 0.3) is 11.5 Å². The summed E-state index contributed by atoms with van der Waals surface area (Å²) in [7, 11) is 1.95. The van der Waals surface area contributed by atoms with Gasteiger partial charge in [-0.2, -0.15) is 5.10 Å². The molecule has 7 nitrogen and oxygen atoms in total. The Morgan fingerprint density at radius 1 is 1.28 bits per heavy atom. The minimum Gasteiger partial charge on any atom is -0.336 e. The molecule has 3 aromatic rings. The van der Waals surface area contributed by atoms with Gasteiger partial charge in [-0.3, -0.25) is 9.59 Å². The van der Waals surface area contributed by atoms with E-state index in [4.69, 9.17) is 0 Å². The minimum atomic E-state index is -0.287. The lowest BCUT2D eigenvalue weighted by Gasteiger charge is -2.24. The Morgan fingerprint density at radius 3 is 2.76 bits per heavy atom. The maximum atomic E-state index is 13.2. The highest BCUT2D eigenvalue weighted by atomic mass is 16.2. The molecule has 128 valence electrons. The van der Waals surface area contributed by atoms with Crippen LogP contribution in [0.5, 0.6) is 0 Å². The van der Waals surface area contributed by atoms with E-state index in [0.29, 0.717) is 17.3 Å². The molecule has 1 aliphatic rings. The van der Waals surface area contributed by atoms with Crippen molar-refractivity contribution >= 4 is 16.7 Å². The molecule has 0 aliphatic carbocycles. The summed E-state index contributed by atoms with van der Waals surface area (Å²) in [5.74, 6) is 0.715. The standard InChI is InChI=1S/C18H19N5O2/c1-11-10-22(2)16(19-11)14-8-5-9-23(14)18(25)15-12-6-3-4-7-13(12)17(24)21-20-15/h3-4,6-7,10,14H,5,8-9H2,1-2H3,(H,21,24)/t14-/m0/s1. The lowest BCUT2D eigenvalue weighted by atomic mass is 10.1. The third-order valence-corrected chi connectivity index (χ3v) is 4.74. The number of H-pyrrole nitrogens is 1. The number of likely N-dealkylation sites (tertiary alicyclic amines) is 1. The van der Waals surface area contributed by atoms with Gasteiger partial charge in [-0.1, -0.05) is 18.2 Å². The van der Waals surface area contributed by atoms with Crippen LogP contribution in [-0.4, -0.2) is 37.1 Å². The Balaban J connectivity index is 1.77. The van der Waals surface area contributed by atoms with Gasteiger partial charge >= 0.3 is 0 Å². The molecule has 1 saturated heterocycles. The van der Waals surface area contributed by atoms with E-state index in [9.17, 15) is 9.59 Å². The van der Waals surface area contributed by atoms with E-state index in [0.717, 1.165) is 24.4 Å². The molecule has 1 amide bonds. The topological polar surface area (TPSA) is 83.9 Å². The van der Waals surface area contributed by atoms with Crippen LogP contribution in [0.15, 0.2) is 35.3 Å². The second kappa shape index (κ2) is 5.84. The molecular formula is C18H19N5O2. The van der Waals surface area contributed by atoms with Crippen molar-refractivity contribution in [3.05, 3.63) is 58.0 Å². The molecular weight excluding hydrogens is 318 g/mol. The lowest BCUT2D eigenvalue weighted by molar-refractivity contribution is 0.0723. The molecule has 0 radical (unpaired) electrons. The van der Waals surface area contributed by atoms with Gasteiger partial charge < -0.3 is 9.47 Å². The SMILES string of the molecule is Cc1cn(C)c([C@@H]2CCCN2C(=O)c2n[nH]c(=O)c3ccccc23)n1. The van der Waals surface area contributed by atoms with Crippen LogP contribution in [0.3, 0.4) is 0 Å². The summed E-state index contributed by atoms with van der Waals surface area (Å²) >= 11 is 0. The Kier molecular flexibility index (Phi) is 3.63. The largest absolute Gasteiger partial charge is 0.336 e. The van der Waals surface area contributed by atoms with Crippen LogP contribution in [0.2, 0.25) is 0 Å². The van der Waals surface area contributed by atoms with Crippen molar-refractivity contribution in [3.63, 3.8) is 0 Å². The van der Waals surface area contributed by atoms with E-state index in [1.807, 2.05) is 35.7 Å². The van der Waals surface area contributed by atoms with Crippen LogP contribution in [0.4, 0.5) is 0 Å². The number of aryl methyl sites for hydroxylation is 2. The molecule has 2 aromatic heterocycles. The maximum absolute atomic E-state index is 13.2. The zero-order chi connectivity index (χ0) is 17.6. The Labute approximate surface area is 144 Å². The fourth-order valence-corrected chi connectivity index (χ4v) is 3.64. The van der Waals surface area contributed by atoms with Crippen molar-refractivity contribution in [3.8, 4) is 0 Å². The van der Waals surface area contributed by atoms with Crippen LogP contribution in [0.1, 0.15) is 40.9 Å². The first kappa shape index (κ1) is 15.6. The number of carbonyl (C=O) groups is 1. The normalized spacial score (nSPS) is 17.4. The average molecular weight is 337 g/mol. The molecule has 0 bridgehead atoms. The molecule has 1 N–H and O–H groups in total. The van der Waals surface area contributed by atoms with Gasteiger partial charge in [-0.05, 0) is 25.8 Å². The summed E-state index contributed by atoms with van der Waals surface area (Å²) in [6.45, 7) is 2.60. The van der Waals surface area contributed by atoms with Crippen LogP contribution in [0, 0.1) is 6.92 Å². The first-order valence-electron chi connectivity index (χ1n) is 8.34. The predicted molar refractivity (Wildman–Crippen MR) is 93.3 cm³/mol. The molecule has 0 spiro atoms. The van der Waals surface area contributed by atoms with E-state index in [1.54, 1.807) is 18.2 Å². The van der Waals surface area contributed by atoms with Gasteiger partial charge in [0.1, 0.15) is 5.82 Å². The molecule has 7 heteroatoms. The van der Waals surface area contributed by atoms with Gasteiger partial charge in [-0.25, -0.2) is 10.1 Å². The third-order valence-electron chi connectivity index (χ3n) is 4.74. The highest BCUT2D eigenvalue weighted by Gasteiger charge is 2.34. The second-order valence-corrected chi connectivity index (χ2v) is 6.45. The predicted octanol–water partition coefficient (Wildman–Crippen LogP) is 1.94. The highest BCUT2D eigenvalue weighted by Crippen LogP contribution is 2.32. The zero-order valence-electron chi connectivity index (χ0n) is 14.2. The number of rotatable bonds is 2. The molecule has 0 unspecified atom stereocenters. The molecule has 25 heavy (non-hydrogen) atoms. The first-order valence-corrected chi connectivity index (χ1v) is 8.34. The number of amides is 1. The Hall–Kier alpha value is -2.96. The fourth-order valence-electron chi connectivity index (χ4n) is 3.64. The average Bonchev–Trinajstić information content (AvgIpc) is 3.21. The first-order chi connectivity index (χ1) is 12.1. The van der Waals surface area contributed by atoms with Crippen LogP contribution >= 0.6 is 0 Å². The quantitative estimate of drug-likeness (QED) is 0.774. The van der Waals surface area contributed by atoms with E-state index in [-0.39, 0.29) is 23.2 Å². The number of nitrogens with one attached hydrogen (secondary N) is 1. The van der Waals surface area contributed by atoms with Crippen LogP contribution in [-0.2, 0) is 7.05 Å². The number of hydrogen-bond acceptors (Lipinski definition) is 4. The van der Waals surface area contributed by atoms with Crippen LogP contribution < -0.4 is 5.56 Å². The number of hydrogen-bond donors (Lipinski definition) is 1. The van der Waals surface area contributed by atoms with Gasteiger partial charge in [0.15, 0.2) is 5.69 Å². The van der Waals surface area contributed by atoms with Crippen molar-refractivity contribution in [1.82, 2.24) is 24.6 Å². The Morgan fingerprint density at radius 2 is 2.04 bits per heavy atom. The fraction of sp³-hybridized carbons (Fsp3) is 0.333.